The maximum absolute atomic E-state index is 12.4. The predicted octanol–water partition coefficient (Wildman–Crippen LogP) is -0.944. The molecule has 0 bridgehead atoms. The third kappa shape index (κ3) is 3.19. The lowest BCUT2D eigenvalue weighted by Gasteiger charge is -2.34. The molecule has 2 aliphatic rings. The minimum Gasteiger partial charge on any atom is -0.479 e. The van der Waals surface area contributed by atoms with Crippen LogP contribution >= 0.6 is 0 Å². The van der Waals surface area contributed by atoms with Gasteiger partial charge in [-0.15, -0.1) is 0 Å². The molecule has 2 rings (SSSR count). The lowest BCUT2D eigenvalue weighted by molar-refractivity contribution is -0.154. The Balaban J connectivity index is 1.99. The van der Waals surface area contributed by atoms with Crippen LogP contribution in [0.1, 0.15) is 6.42 Å². The Hall–Kier alpha value is -1.83. The van der Waals surface area contributed by atoms with Gasteiger partial charge in [0.25, 0.3) is 0 Å². The molecule has 2 aliphatic heterocycles. The molecule has 8 nitrogen and oxygen atoms in total. The molecule has 0 aliphatic carbocycles. The first kappa shape index (κ1) is 14.6. The van der Waals surface area contributed by atoms with Crippen molar-refractivity contribution in [2.75, 3.05) is 46.4 Å². The van der Waals surface area contributed by atoms with Crippen LogP contribution < -0.4 is 0 Å². The van der Waals surface area contributed by atoms with Crippen molar-refractivity contribution in [3.63, 3.8) is 0 Å². The van der Waals surface area contributed by atoms with Crippen LogP contribution in [0.3, 0.4) is 0 Å². The van der Waals surface area contributed by atoms with Crippen molar-refractivity contribution in [3.05, 3.63) is 0 Å². The summed E-state index contributed by atoms with van der Waals surface area (Å²) in [6, 6.07) is -0.289. The molecule has 20 heavy (non-hydrogen) atoms. The van der Waals surface area contributed by atoms with Gasteiger partial charge >= 0.3 is 12.0 Å². The number of amides is 3. The normalized spacial score (nSPS) is 24.6. The molecule has 2 heterocycles. The largest absolute Gasteiger partial charge is 0.479 e. The summed E-state index contributed by atoms with van der Waals surface area (Å²) >= 11 is 0. The van der Waals surface area contributed by atoms with Gasteiger partial charge in [0.05, 0.1) is 13.2 Å². The SMILES string of the molecule is CN1CCCN(C(=O)N2CCOC(C(=O)O)C2)CC1=O. The maximum atomic E-state index is 12.4. The highest BCUT2D eigenvalue weighted by Gasteiger charge is 2.32. The second kappa shape index (κ2) is 6.08. The number of carboxylic acids is 1. The lowest BCUT2D eigenvalue weighted by Crippen LogP contribution is -2.53. The highest BCUT2D eigenvalue weighted by Crippen LogP contribution is 2.11. The van der Waals surface area contributed by atoms with Crippen LogP contribution in [0.25, 0.3) is 0 Å². The average molecular weight is 285 g/mol. The summed E-state index contributed by atoms with van der Waals surface area (Å²) in [7, 11) is 1.71. The third-order valence-electron chi connectivity index (χ3n) is 3.56. The zero-order chi connectivity index (χ0) is 14.7. The molecule has 0 aromatic carbocycles. The molecule has 0 saturated carbocycles. The van der Waals surface area contributed by atoms with E-state index in [-0.39, 0.29) is 31.6 Å². The number of rotatable bonds is 1. The summed E-state index contributed by atoms with van der Waals surface area (Å²) in [4.78, 5) is 39.6. The summed E-state index contributed by atoms with van der Waals surface area (Å²) in [6.45, 7) is 1.75. The molecule has 8 heteroatoms. The number of carbonyl (C=O) groups is 3. The van der Waals surface area contributed by atoms with E-state index >= 15 is 0 Å². The molecule has 0 radical (unpaired) electrons. The molecule has 2 saturated heterocycles. The van der Waals surface area contributed by atoms with Crippen LogP contribution in [0.15, 0.2) is 0 Å². The summed E-state index contributed by atoms with van der Waals surface area (Å²) in [5, 5.41) is 8.93. The smallest absolute Gasteiger partial charge is 0.334 e. The van der Waals surface area contributed by atoms with Crippen molar-refractivity contribution in [1.82, 2.24) is 14.7 Å². The zero-order valence-corrected chi connectivity index (χ0v) is 11.4. The number of carboxylic acid groups (broad SMARTS) is 1. The van der Waals surface area contributed by atoms with E-state index in [0.29, 0.717) is 19.6 Å². The Morgan fingerprint density at radius 3 is 2.70 bits per heavy atom. The van der Waals surface area contributed by atoms with E-state index < -0.39 is 12.1 Å². The number of carbonyl (C=O) groups excluding carboxylic acids is 2. The van der Waals surface area contributed by atoms with Gasteiger partial charge in [-0.05, 0) is 6.42 Å². The van der Waals surface area contributed by atoms with Crippen molar-refractivity contribution < 1.29 is 24.2 Å². The Kier molecular flexibility index (Phi) is 4.43. The second-order valence-electron chi connectivity index (χ2n) is 5.02. The topological polar surface area (TPSA) is 90.4 Å². The quantitative estimate of drug-likeness (QED) is 0.671. The van der Waals surface area contributed by atoms with Crippen molar-refractivity contribution in [3.8, 4) is 0 Å². The maximum Gasteiger partial charge on any atom is 0.334 e. The van der Waals surface area contributed by atoms with Gasteiger partial charge in [0, 0.05) is 26.7 Å². The number of hydrogen-bond acceptors (Lipinski definition) is 4. The van der Waals surface area contributed by atoms with Gasteiger partial charge < -0.3 is 24.5 Å². The fraction of sp³-hybridized carbons (Fsp3) is 0.750. The molecular weight excluding hydrogens is 266 g/mol. The molecule has 112 valence electrons. The van der Waals surface area contributed by atoms with E-state index in [4.69, 9.17) is 9.84 Å². The van der Waals surface area contributed by atoms with Crippen LogP contribution in [-0.4, -0.2) is 90.2 Å². The third-order valence-corrected chi connectivity index (χ3v) is 3.56. The minimum absolute atomic E-state index is 0.0225. The minimum atomic E-state index is -1.07. The van der Waals surface area contributed by atoms with Crippen molar-refractivity contribution in [1.29, 1.82) is 0 Å². The van der Waals surface area contributed by atoms with Crippen molar-refractivity contribution in [2.24, 2.45) is 0 Å². The Morgan fingerprint density at radius 2 is 2.00 bits per heavy atom. The molecule has 0 spiro atoms. The second-order valence-corrected chi connectivity index (χ2v) is 5.02. The standard InChI is InChI=1S/C12H19N3O5/c1-13-3-2-4-14(8-10(13)16)12(19)15-5-6-20-9(7-15)11(17)18/h9H,2-8H2,1H3,(H,17,18). The van der Waals surface area contributed by atoms with Gasteiger partial charge in [0.1, 0.15) is 6.54 Å². The van der Waals surface area contributed by atoms with Gasteiger partial charge in [-0.25, -0.2) is 9.59 Å². The van der Waals surface area contributed by atoms with Gasteiger partial charge in [-0.3, -0.25) is 4.79 Å². The first-order valence-corrected chi connectivity index (χ1v) is 6.61. The first-order chi connectivity index (χ1) is 9.49. The zero-order valence-electron chi connectivity index (χ0n) is 11.4. The molecule has 3 amide bonds. The Morgan fingerprint density at radius 1 is 1.25 bits per heavy atom. The molecule has 1 N–H and O–H groups in total. The predicted molar refractivity (Wildman–Crippen MR) is 68.2 cm³/mol. The van der Waals surface area contributed by atoms with E-state index in [2.05, 4.69) is 0 Å². The summed E-state index contributed by atoms with van der Waals surface area (Å²) in [5.41, 5.74) is 0. The summed E-state index contributed by atoms with van der Waals surface area (Å²) in [5.74, 6) is -1.17. The number of ether oxygens (including phenoxy) is 1. The van der Waals surface area contributed by atoms with Crippen LogP contribution in [0.5, 0.6) is 0 Å². The summed E-state index contributed by atoms with van der Waals surface area (Å²) in [6.07, 6.45) is -0.265. The van der Waals surface area contributed by atoms with E-state index in [1.54, 1.807) is 11.9 Å². The number of hydrogen-bond donors (Lipinski definition) is 1. The van der Waals surface area contributed by atoms with Crippen molar-refractivity contribution >= 4 is 17.9 Å². The molecule has 0 aromatic rings. The van der Waals surface area contributed by atoms with Gasteiger partial charge in [0.2, 0.25) is 5.91 Å². The first-order valence-electron chi connectivity index (χ1n) is 6.61. The lowest BCUT2D eigenvalue weighted by atomic mass is 10.3. The van der Waals surface area contributed by atoms with Crippen LogP contribution in [0.2, 0.25) is 0 Å². The van der Waals surface area contributed by atoms with E-state index in [0.717, 1.165) is 6.42 Å². The average Bonchev–Trinajstić information content (AvgIpc) is 2.60. The van der Waals surface area contributed by atoms with Gasteiger partial charge in [0.15, 0.2) is 6.10 Å². The molecule has 2 fully saturated rings. The Labute approximate surface area is 116 Å². The fourth-order valence-electron chi connectivity index (χ4n) is 2.32. The van der Waals surface area contributed by atoms with Crippen LogP contribution in [0, 0.1) is 0 Å². The number of aliphatic carboxylic acids is 1. The highest BCUT2D eigenvalue weighted by molar-refractivity contribution is 5.85. The number of likely N-dealkylation sites (N-methyl/N-ethyl adjacent to an activating group) is 1. The van der Waals surface area contributed by atoms with E-state index in [1.165, 1.54) is 9.80 Å². The Bertz CT molecular complexity index is 414. The summed E-state index contributed by atoms with van der Waals surface area (Å²) < 4.78 is 5.08. The van der Waals surface area contributed by atoms with Crippen molar-refractivity contribution in [2.45, 2.75) is 12.5 Å². The fourth-order valence-corrected chi connectivity index (χ4v) is 2.32. The molecule has 1 unspecified atom stereocenters. The van der Waals surface area contributed by atoms with Gasteiger partial charge in [-0.1, -0.05) is 0 Å². The van der Waals surface area contributed by atoms with Crippen LogP contribution in [0.4, 0.5) is 4.79 Å². The molecular formula is C12H19N3O5. The van der Waals surface area contributed by atoms with Gasteiger partial charge in [-0.2, -0.15) is 0 Å². The monoisotopic (exact) mass is 285 g/mol. The van der Waals surface area contributed by atoms with E-state index in [1.807, 2.05) is 0 Å². The van der Waals surface area contributed by atoms with E-state index in [9.17, 15) is 14.4 Å². The highest BCUT2D eigenvalue weighted by atomic mass is 16.5. The number of nitrogens with zero attached hydrogens (tertiary/aromatic N) is 3. The number of morpholine rings is 1. The molecule has 1 atom stereocenters. The number of urea groups is 1. The van der Waals surface area contributed by atoms with Crippen LogP contribution in [-0.2, 0) is 14.3 Å². The molecule has 0 aromatic heterocycles.